The van der Waals surface area contributed by atoms with E-state index in [9.17, 15) is 0 Å². The van der Waals surface area contributed by atoms with Crippen LogP contribution >= 0.6 is 11.8 Å². The number of thioether (sulfide) groups is 1. The van der Waals surface area contributed by atoms with Crippen molar-refractivity contribution in [3.8, 4) is 0 Å². The topological polar surface area (TPSA) is 49.8 Å². The number of rotatable bonds is 5. The molecule has 0 aliphatic carbocycles. The summed E-state index contributed by atoms with van der Waals surface area (Å²) in [6.45, 7) is 5.24. The Hall–Kier alpha value is -0.970. The third-order valence-corrected chi connectivity index (χ3v) is 4.45. The molecule has 4 nitrogen and oxygen atoms in total. The summed E-state index contributed by atoms with van der Waals surface area (Å²) in [7, 11) is 1.89. The SMILES string of the molecule is CNc1cc(NCC2CCCS2)nc(C(C)C)n1. The van der Waals surface area contributed by atoms with Crippen LogP contribution < -0.4 is 10.6 Å². The Balaban J connectivity index is 2.03. The zero-order chi connectivity index (χ0) is 13.0. The highest BCUT2D eigenvalue weighted by molar-refractivity contribution is 8.00. The molecule has 1 saturated heterocycles. The summed E-state index contributed by atoms with van der Waals surface area (Å²) in [4.78, 5) is 9.03. The van der Waals surface area contributed by atoms with Crippen molar-refractivity contribution in [1.29, 1.82) is 0 Å². The lowest BCUT2D eigenvalue weighted by Crippen LogP contribution is -2.15. The predicted octanol–water partition coefficient (Wildman–Crippen LogP) is 2.95. The number of aromatic nitrogens is 2. The fourth-order valence-electron chi connectivity index (χ4n) is 1.97. The van der Waals surface area contributed by atoms with Gasteiger partial charge in [0.2, 0.25) is 0 Å². The van der Waals surface area contributed by atoms with Gasteiger partial charge >= 0.3 is 0 Å². The Morgan fingerprint density at radius 1 is 1.39 bits per heavy atom. The molecule has 0 bridgehead atoms. The van der Waals surface area contributed by atoms with Crippen molar-refractivity contribution in [3.63, 3.8) is 0 Å². The Labute approximate surface area is 113 Å². The minimum absolute atomic E-state index is 0.347. The van der Waals surface area contributed by atoms with Crippen molar-refractivity contribution in [1.82, 2.24) is 9.97 Å². The van der Waals surface area contributed by atoms with Crippen molar-refractivity contribution in [2.75, 3.05) is 30.0 Å². The van der Waals surface area contributed by atoms with Crippen molar-refractivity contribution in [3.05, 3.63) is 11.9 Å². The van der Waals surface area contributed by atoms with E-state index in [2.05, 4.69) is 46.2 Å². The van der Waals surface area contributed by atoms with Gasteiger partial charge in [0.15, 0.2) is 0 Å². The first-order valence-corrected chi connectivity index (χ1v) is 7.66. The highest BCUT2D eigenvalue weighted by atomic mass is 32.2. The fraction of sp³-hybridized carbons (Fsp3) is 0.692. The number of hydrogen-bond acceptors (Lipinski definition) is 5. The highest BCUT2D eigenvalue weighted by Gasteiger charge is 2.15. The lowest BCUT2D eigenvalue weighted by atomic mass is 10.2. The molecule has 2 heterocycles. The first-order valence-electron chi connectivity index (χ1n) is 6.61. The summed E-state index contributed by atoms with van der Waals surface area (Å²) in [5.74, 6) is 4.36. The van der Waals surface area contributed by atoms with Crippen LogP contribution in [0.15, 0.2) is 6.07 Å². The molecule has 5 heteroatoms. The van der Waals surface area contributed by atoms with Gasteiger partial charge in [-0.25, -0.2) is 9.97 Å². The maximum Gasteiger partial charge on any atom is 0.135 e. The zero-order valence-electron chi connectivity index (χ0n) is 11.4. The molecule has 1 fully saturated rings. The van der Waals surface area contributed by atoms with Gasteiger partial charge in [-0.05, 0) is 18.6 Å². The minimum Gasteiger partial charge on any atom is -0.373 e. The van der Waals surface area contributed by atoms with Gasteiger partial charge in [-0.2, -0.15) is 11.8 Å². The van der Waals surface area contributed by atoms with Crippen molar-refractivity contribution < 1.29 is 0 Å². The molecular weight excluding hydrogens is 244 g/mol. The zero-order valence-corrected chi connectivity index (χ0v) is 12.2. The van der Waals surface area contributed by atoms with E-state index in [0.717, 1.165) is 29.3 Å². The molecule has 100 valence electrons. The van der Waals surface area contributed by atoms with Crippen LogP contribution in [-0.4, -0.2) is 34.6 Å². The molecule has 1 aromatic rings. The smallest absolute Gasteiger partial charge is 0.135 e. The predicted molar refractivity (Wildman–Crippen MR) is 79.6 cm³/mol. The Bertz CT molecular complexity index is 389. The van der Waals surface area contributed by atoms with Gasteiger partial charge in [0.05, 0.1) is 0 Å². The Morgan fingerprint density at radius 3 is 2.78 bits per heavy atom. The molecule has 18 heavy (non-hydrogen) atoms. The second-order valence-corrected chi connectivity index (χ2v) is 6.33. The molecule has 2 rings (SSSR count). The average molecular weight is 266 g/mol. The first kappa shape index (κ1) is 13.5. The van der Waals surface area contributed by atoms with Crippen molar-refractivity contribution in [2.24, 2.45) is 0 Å². The standard InChI is InChI=1S/C13H22N4S/c1-9(2)13-16-11(14-3)7-12(17-13)15-8-10-5-4-6-18-10/h7,9-10H,4-6,8H2,1-3H3,(H2,14,15,16,17). The van der Waals surface area contributed by atoms with Crippen molar-refractivity contribution >= 4 is 23.4 Å². The molecule has 1 aromatic heterocycles. The van der Waals surface area contributed by atoms with Gasteiger partial charge in [0, 0.05) is 30.8 Å². The van der Waals surface area contributed by atoms with Crippen LogP contribution in [0.25, 0.3) is 0 Å². The Kier molecular flexibility index (Phi) is 4.69. The van der Waals surface area contributed by atoms with Crippen LogP contribution in [0, 0.1) is 0 Å². The molecule has 0 radical (unpaired) electrons. The quantitative estimate of drug-likeness (QED) is 0.858. The van der Waals surface area contributed by atoms with Crippen LogP contribution in [0.4, 0.5) is 11.6 Å². The van der Waals surface area contributed by atoms with E-state index >= 15 is 0 Å². The molecule has 0 amide bonds. The van der Waals surface area contributed by atoms with E-state index in [4.69, 9.17) is 0 Å². The lowest BCUT2D eigenvalue weighted by Gasteiger charge is -2.13. The van der Waals surface area contributed by atoms with E-state index in [1.807, 2.05) is 13.1 Å². The maximum atomic E-state index is 4.57. The van der Waals surface area contributed by atoms with Crippen LogP contribution in [0.1, 0.15) is 38.4 Å². The van der Waals surface area contributed by atoms with Gasteiger partial charge in [0.25, 0.3) is 0 Å². The summed E-state index contributed by atoms with van der Waals surface area (Å²) < 4.78 is 0. The normalized spacial score (nSPS) is 19.2. The Morgan fingerprint density at radius 2 is 2.17 bits per heavy atom. The van der Waals surface area contributed by atoms with E-state index in [-0.39, 0.29) is 0 Å². The van der Waals surface area contributed by atoms with Crippen molar-refractivity contribution in [2.45, 2.75) is 37.9 Å². The molecule has 1 aliphatic heterocycles. The summed E-state index contributed by atoms with van der Waals surface area (Å²) in [6.07, 6.45) is 2.67. The summed E-state index contributed by atoms with van der Waals surface area (Å²) >= 11 is 2.06. The third-order valence-electron chi connectivity index (χ3n) is 3.05. The van der Waals surface area contributed by atoms with E-state index < -0.39 is 0 Å². The molecule has 0 aromatic carbocycles. The second kappa shape index (κ2) is 6.27. The average Bonchev–Trinajstić information content (AvgIpc) is 2.89. The van der Waals surface area contributed by atoms with Gasteiger partial charge in [0.1, 0.15) is 17.5 Å². The summed E-state index contributed by atoms with van der Waals surface area (Å²) in [5.41, 5.74) is 0. The molecule has 0 saturated carbocycles. The molecule has 0 spiro atoms. The molecule has 1 aliphatic rings. The number of nitrogens with zero attached hydrogens (tertiary/aromatic N) is 2. The van der Waals surface area contributed by atoms with E-state index in [1.165, 1.54) is 18.6 Å². The molecule has 2 N–H and O–H groups in total. The van der Waals surface area contributed by atoms with E-state index in [0.29, 0.717) is 5.92 Å². The van der Waals surface area contributed by atoms with Gasteiger partial charge in [-0.3, -0.25) is 0 Å². The fourth-order valence-corrected chi connectivity index (χ4v) is 3.17. The molecule has 1 atom stereocenters. The summed E-state index contributed by atoms with van der Waals surface area (Å²) in [5, 5.41) is 7.28. The summed E-state index contributed by atoms with van der Waals surface area (Å²) in [6, 6.07) is 1.98. The number of hydrogen-bond donors (Lipinski definition) is 2. The molecular formula is C13H22N4S. The monoisotopic (exact) mass is 266 g/mol. The largest absolute Gasteiger partial charge is 0.373 e. The lowest BCUT2D eigenvalue weighted by molar-refractivity contribution is 0.770. The highest BCUT2D eigenvalue weighted by Crippen LogP contribution is 2.26. The third kappa shape index (κ3) is 3.51. The van der Waals surface area contributed by atoms with E-state index in [1.54, 1.807) is 0 Å². The van der Waals surface area contributed by atoms with Gasteiger partial charge < -0.3 is 10.6 Å². The second-order valence-electron chi connectivity index (χ2n) is 4.92. The minimum atomic E-state index is 0.347. The number of nitrogens with one attached hydrogen (secondary N) is 2. The van der Waals surface area contributed by atoms with Crippen LogP contribution in [0.3, 0.4) is 0 Å². The van der Waals surface area contributed by atoms with Crippen LogP contribution in [0.2, 0.25) is 0 Å². The maximum absolute atomic E-state index is 4.57. The first-order chi connectivity index (χ1) is 8.69. The van der Waals surface area contributed by atoms with Gasteiger partial charge in [-0.15, -0.1) is 0 Å². The van der Waals surface area contributed by atoms with Crippen LogP contribution in [0.5, 0.6) is 0 Å². The number of anilines is 2. The van der Waals surface area contributed by atoms with Gasteiger partial charge in [-0.1, -0.05) is 13.8 Å². The van der Waals surface area contributed by atoms with Crippen LogP contribution in [-0.2, 0) is 0 Å². The molecule has 1 unspecified atom stereocenters.